The summed E-state index contributed by atoms with van der Waals surface area (Å²) in [6.07, 6.45) is 2.34. The van der Waals surface area contributed by atoms with E-state index in [9.17, 15) is 0 Å². The third-order valence-corrected chi connectivity index (χ3v) is 6.22. The van der Waals surface area contributed by atoms with Crippen LogP contribution in [0.3, 0.4) is 0 Å². The van der Waals surface area contributed by atoms with E-state index in [-0.39, 0.29) is 0 Å². The molecule has 0 spiro atoms. The van der Waals surface area contributed by atoms with E-state index >= 15 is 0 Å². The summed E-state index contributed by atoms with van der Waals surface area (Å²) >= 11 is 11.5. The fraction of sp³-hybridized carbons (Fsp3) is 0.286. The minimum absolute atomic E-state index is 0.424. The van der Waals surface area contributed by atoms with Gasteiger partial charge in [0.05, 0.1) is 9.16 Å². The van der Waals surface area contributed by atoms with Gasteiger partial charge in [-0.15, -0.1) is 11.3 Å². The predicted molar refractivity (Wildman–Crippen MR) is 78.3 cm³/mol. The second kappa shape index (κ2) is 4.75. The molecule has 1 aliphatic carbocycles. The van der Waals surface area contributed by atoms with Crippen molar-refractivity contribution < 1.29 is 0 Å². The van der Waals surface area contributed by atoms with Gasteiger partial charge in [-0.05, 0) is 42.0 Å². The number of alkyl halides is 1. The maximum absolute atomic E-state index is 6.00. The van der Waals surface area contributed by atoms with E-state index in [0.29, 0.717) is 10.7 Å². The Morgan fingerprint density at radius 1 is 1.12 bits per heavy atom. The van der Waals surface area contributed by atoms with Crippen LogP contribution < -0.4 is 0 Å². The Hall–Kier alpha value is -0.310. The highest BCUT2D eigenvalue weighted by Crippen LogP contribution is 2.43. The van der Waals surface area contributed by atoms with Crippen molar-refractivity contribution >= 4 is 38.9 Å². The van der Waals surface area contributed by atoms with Crippen LogP contribution in [0.25, 0.3) is 0 Å². The highest BCUT2D eigenvalue weighted by atomic mass is 79.9. The molecule has 0 bridgehead atoms. The van der Waals surface area contributed by atoms with Crippen LogP contribution in [0.2, 0.25) is 4.34 Å². The second-order valence-corrected chi connectivity index (χ2v) is 7.21. The third kappa shape index (κ3) is 2.31. The quantitative estimate of drug-likeness (QED) is 0.661. The fourth-order valence-electron chi connectivity index (χ4n) is 2.51. The number of hydrogen-bond acceptors (Lipinski definition) is 1. The summed E-state index contributed by atoms with van der Waals surface area (Å²) in [6, 6.07) is 12.9. The first-order valence-electron chi connectivity index (χ1n) is 5.70. The summed E-state index contributed by atoms with van der Waals surface area (Å²) in [5.41, 5.74) is 3.01. The molecule has 1 heterocycles. The molecule has 2 aromatic rings. The summed E-state index contributed by atoms with van der Waals surface area (Å²) in [7, 11) is 0. The lowest BCUT2D eigenvalue weighted by Crippen LogP contribution is -2.06. The van der Waals surface area contributed by atoms with Gasteiger partial charge in [0, 0.05) is 4.88 Å². The summed E-state index contributed by atoms with van der Waals surface area (Å²) in [6.45, 7) is 0. The molecular formula is C14H12BrClS. The summed E-state index contributed by atoms with van der Waals surface area (Å²) < 4.78 is 0.875. The molecule has 0 radical (unpaired) electrons. The fourth-order valence-corrected chi connectivity index (χ4v) is 4.45. The van der Waals surface area contributed by atoms with E-state index in [2.05, 4.69) is 46.3 Å². The first kappa shape index (κ1) is 11.8. The molecule has 0 aliphatic heterocycles. The first-order chi connectivity index (χ1) is 8.24. The minimum Gasteiger partial charge on any atom is -0.127 e. The van der Waals surface area contributed by atoms with Gasteiger partial charge in [-0.3, -0.25) is 0 Å². The Balaban J connectivity index is 1.80. The van der Waals surface area contributed by atoms with E-state index in [4.69, 9.17) is 11.6 Å². The molecule has 0 saturated carbocycles. The number of rotatable bonds is 2. The highest BCUT2D eigenvalue weighted by molar-refractivity contribution is 9.09. The molecule has 88 valence electrons. The Morgan fingerprint density at radius 3 is 2.29 bits per heavy atom. The predicted octanol–water partition coefficient (Wildman–Crippen LogP) is 5.25. The molecule has 1 aliphatic rings. The molecule has 17 heavy (non-hydrogen) atoms. The van der Waals surface area contributed by atoms with Crippen molar-refractivity contribution in [2.24, 2.45) is 5.92 Å². The van der Waals surface area contributed by atoms with Crippen molar-refractivity contribution in [2.45, 2.75) is 17.7 Å². The topological polar surface area (TPSA) is 0 Å². The van der Waals surface area contributed by atoms with Gasteiger partial charge in [0.2, 0.25) is 0 Å². The van der Waals surface area contributed by atoms with Crippen molar-refractivity contribution in [1.82, 2.24) is 0 Å². The number of halogens is 2. The molecule has 0 nitrogen and oxygen atoms in total. The van der Waals surface area contributed by atoms with Gasteiger partial charge in [0.1, 0.15) is 0 Å². The number of fused-ring (bicyclic) bond motifs is 1. The molecule has 1 atom stereocenters. The number of benzene rings is 1. The van der Waals surface area contributed by atoms with Crippen molar-refractivity contribution in [1.29, 1.82) is 0 Å². The molecule has 0 fully saturated rings. The molecular weight excluding hydrogens is 316 g/mol. The zero-order valence-corrected chi connectivity index (χ0v) is 12.4. The minimum atomic E-state index is 0.424. The van der Waals surface area contributed by atoms with Crippen LogP contribution in [0, 0.1) is 5.92 Å². The average molecular weight is 328 g/mol. The van der Waals surface area contributed by atoms with Crippen molar-refractivity contribution in [3.63, 3.8) is 0 Å². The normalized spacial score (nSPS) is 17.1. The number of hydrogen-bond donors (Lipinski definition) is 0. The Kier molecular flexibility index (Phi) is 3.29. The summed E-state index contributed by atoms with van der Waals surface area (Å²) in [5, 5.41) is 0. The van der Waals surface area contributed by atoms with Gasteiger partial charge in [0.15, 0.2) is 0 Å². The van der Waals surface area contributed by atoms with Gasteiger partial charge >= 0.3 is 0 Å². The molecule has 1 unspecified atom stereocenters. The Labute approximate surface area is 119 Å². The van der Waals surface area contributed by atoms with Crippen molar-refractivity contribution in [3.05, 3.63) is 56.7 Å². The second-order valence-electron chi connectivity index (χ2n) is 4.48. The lowest BCUT2D eigenvalue weighted by molar-refractivity contribution is 0.559. The van der Waals surface area contributed by atoms with Crippen molar-refractivity contribution in [2.75, 3.05) is 0 Å². The average Bonchev–Trinajstić information content (AvgIpc) is 2.93. The van der Waals surface area contributed by atoms with Gasteiger partial charge < -0.3 is 0 Å². The van der Waals surface area contributed by atoms with Crippen LogP contribution in [-0.2, 0) is 12.8 Å². The largest absolute Gasteiger partial charge is 0.127 e. The van der Waals surface area contributed by atoms with Gasteiger partial charge in [-0.1, -0.05) is 51.8 Å². The maximum atomic E-state index is 6.00. The van der Waals surface area contributed by atoms with Crippen LogP contribution in [-0.4, -0.2) is 0 Å². The molecule has 3 rings (SSSR count). The summed E-state index contributed by atoms with van der Waals surface area (Å²) in [5.74, 6) is 0.655. The molecule has 1 aromatic heterocycles. The van der Waals surface area contributed by atoms with E-state index in [0.717, 1.165) is 4.34 Å². The van der Waals surface area contributed by atoms with Crippen LogP contribution in [0.4, 0.5) is 0 Å². The van der Waals surface area contributed by atoms with Crippen LogP contribution in [0.1, 0.15) is 20.8 Å². The molecule has 1 aromatic carbocycles. The highest BCUT2D eigenvalue weighted by Gasteiger charge is 2.28. The van der Waals surface area contributed by atoms with Crippen LogP contribution in [0.5, 0.6) is 0 Å². The van der Waals surface area contributed by atoms with E-state index in [1.54, 1.807) is 11.3 Å². The van der Waals surface area contributed by atoms with E-state index in [1.807, 2.05) is 6.07 Å². The van der Waals surface area contributed by atoms with Gasteiger partial charge in [-0.25, -0.2) is 0 Å². The lowest BCUT2D eigenvalue weighted by Gasteiger charge is -2.15. The third-order valence-electron chi connectivity index (χ3n) is 3.36. The maximum Gasteiger partial charge on any atom is 0.0931 e. The zero-order chi connectivity index (χ0) is 11.8. The molecule has 0 saturated heterocycles. The smallest absolute Gasteiger partial charge is 0.0931 e. The molecule has 0 amide bonds. The number of thiophene rings is 1. The van der Waals surface area contributed by atoms with Crippen LogP contribution in [0.15, 0.2) is 36.4 Å². The zero-order valence-electron chi connectivity index (χ0n) is 9.20. The molecule has 0 N–H and O–H groups in total. The lowest BCUT2D eigenvalue weighted by atomic mass is 10.0. The Morgan fingerprint density at radius 2 is 1.76 bits per heavy atom. The monoisotopic (exact) mass is 326 g/mol. The Bertz CT molecular complexity index is 510. The molecule has 3 heteroatoms. The van der Waals surface area contributed by atoms with Gasteiger partial charge in [-0.2, -0.15) is 0 Å². The van der Waals surface area contributed by atoms with Gasteiger partial charge in [0.25, 0.3) is 0 Å². The standard InChI is InChI=1S/C14H12BrClS/c15-14(12-5-6-13(16)17-12)11-7-9-3-1-2-4-10(9)8-11/h1-6,11,14H,7-8H2. The SMILES string of the molecule is Clc1ccc(C(Br)C2Cc3ccccc3C2)s1. The van der Waals surface area contributed by atoms with Crippen molar-refractivity contribution in [3.8, 4) is 0 Å². The van der Waals surface area contributed by atoms with E-state index < -0.39 is 0 Å². The summed E-state index contributed by atoms with van der Waals surface area (Å²) in [4.78, 5) is 1.76. The first-order valence-corrected chi connectivity index (χ1v) is 7.81. The van der Waals surface area contributed by atoms with E-state index in [1.165, 1.54) is 28.8 Å². The van der Waals surface area contributed by atoms with Crippen LogP contribution >= 0.6 is 38.9 Å².